The Morgan fingerprint density at radius 3 is 1.74 bits per heavy atom. The molecule has 0 aliphatic rings. The van der Waals surface area contributed by atoms with E-state index in [2.05, 4.69) is 75.9 Å². The smallest absolute Gasteiger partial charge is 0.00258 e. The normalized spacial score (nSPS) is 11.3. The van der Waals surface area contributed by atoms with Crippen molar-refractivity contribution in [1.82, 2.24) is 0 Å². The second kappa shape index (κ2) is 5.44. The molecule has 0 atom stereocenters. The van der Waals surface area contributed by atoms with Crippen LogP contribution in [0.15, 0.2) is 55.1 Å². The first-order valence-electron chi connectivity index (χ1n) is 6.80. The monoisotopic (exact) mass is 250 g/mol. The lowest BCUT2D eigenvalue weighted by Gasteiger charge is -2.19. The average Bonchev–Trinajstić information content (AvgIpc) is 2.39. The van der Waals surface area contributed by atoms with Crippen molar-refractivity contribution in [2.24, 2.45) is 0 Å². The molecular weight excluding hydrogens is 228 g/mol. The summed E-state index contributed by atoms with van der Waals surface area (Å²) in [5.41, 5.74) is 5.49. The van der Waals surface area contributed by atoms with Gasteiger partial charge in [0.2, 0.25) is 0 Å². The third-order valence-corrected chi connectivity index (χ3v) is 3.44. The summed E-state index contributed by atoms with van der Waals surface area (Å²) >= 11 is 0. The van der Waals surface area contributed by atoms with Gasteiger partial charge in [-0.2, -0.15) is 0 Å². The molecule has 0 heteroatoms. The first kappa shape index (κ1) is 13.6. The Hall–Kier alpha value is -1.82. The second-order valence-corrected chi connectivity index (χ2v) is 6.07. The van der Waals surface area contributed by atoms with Gasteiger partial charge in [-0.25, -0.2) is 0 Å². The lowest BCUT2D eigenvalue weighted by Crippen LogP contribution is -2.10. The molecular formula is C19H22. The molecule has 19 heavy (non-hydrogen) atoms. The van der Waals surface area contributed by atoms with Crippen LogP contribution in [0, 0.1) is 0 Å². The van der Waals surface area contributed by atoms with Crippen molar-refractivity contribution < 1.29 is 0 Å². The van der Waals surface area contributed by atoms with Crippen molar-refractivity contribution in [3.8, 4) is 0 Å². The molecule has 0 nitrogen and oxygen atoms in total. The molecule has 0 radical (unpaired) electrons. The quantitative estimate of drug-likeness (QED) is 0.700. The topological polar surface area (TPSA) is 0 Å². The van der Waals surface area contributed by atoms with E-state index in [-0.39, 0.29) is 5.41 Å². The van der Waals surface area contributed by atoms with Crippen LogP contribution in [0.1, 0.15) is 43.0 Å². The number of benzene rings is 2. The molecule has 0 N–H and O–H groups in total. The molecule has 0 saturated heterocycles. The predicted molar refractivity (Wildman–Crippen MR) is 84.5 cm³/mol. The lowest BCUT2D eigenvalue weighted by atomic mass is 9.86. The Balaban J connectivity index is 2.12. The Labute approximate surface area is 116 Å². The molecule has 0 fully saturated rings. The van der Waals surface area contributed by atoms with Crippen molar-refractivity contribution in [2.75, 3.05) is 0 Å². The van der Waals surface area contributed by atoms with E-state index in [1.807, 2.05) is 6.08 Å². The van der Waals surface area contributed by atoms with Crippen molar-refractivity contribution in [2.45, 2.75) is 32.6 Å². The van der Waals surface area contributed by atoms with E-state index in [4.69, 9.17) is 0 Å². The average molecular weight is 250 g/mol. The number of hydrogen-bond acceptors (Lipinski definition) is 0. The SMILES string of the molecule is C=Cc1ccc(Cc2ccc(C(C)(C)C)cc2)cc1. The maximum atomic E-state index is 3.78. The van der Waals surface area contributed by atoms with Crippen LogP contribution in [-0.2, 0) is 11.8 Å². The second-order valence-electron chi connectivity index (χ2n) is 6.07. The highest BCUT2D eigenvalue weighted by atomic mass is 14.2. The van der Waals surface area contributed by atoms with Crippen LogP contribution >= 0.6 is 0 Å². The summed E-state index contributed by atoms with van der Waals surface area (Å²) in [5, 5.41) is 0. The fraction of sp³-hybridized carbons (Fsp3) is 0.263. The fourth-order valence-electron chi connectivity index (χ4n) is 2.13. The Kier molecular flexibility index (Phi) is 3.90. The number of rotatable bonds is 3. The molecule has 2 rings (SSSR count). The third-order valence-electron chi connectivity index (χ3n) is 3.44. The zero-order chi connectivity index (χ0) is 13.9. The van der Waals surface area contributed by atoms with E-state index in [0.29, 0.717) is 0 Å². The maximum Gasteiger partial charge on any atom is -0.00258 e. The lowest BCUT2D eigenvalue weighted by molar-refractivity contribution is 0.590. The van der Waals surface area contributed by atoms with E-state index in [1.54, 1.807) is 0 Å². The van der Waals surface area contributed by atoms with Gasteiger partial charge in [0, 0.05) is 0 Å². The fourth-order valence-corrected chi connectivity index (χ4v) is 2.13. The molecule has 0 saturated carbocycles. The molecule has 0 spiro atoms. The summed E-state index contributed by atoms with van der Waals surface area (Å²) in [6, 6.07) is 17.5. The molecule has 0 unspecified atom stereocenters. The van der Waals surface area contributed by atoms with Gasteiger partial charge in [-0.05, 0) is 34.1 Å². The zero-order valence-corrected chi connectivity index (χ0v) is 12.1. The summed E-state index contributed by atoms with van der Waals surface area (Å²) in [7, 11) is 0. The summed E-state index contributed by atoms with van der Waals surface area (Å²) < 4.78 is 0. The van der Waals surface area contributed by atoms with Gasteiger partial charge in [-0.1, -0.05) is 82.0 Å². The van der Waals surface area contributed by atoms with Crippen LogP contribution in [0.3, 0.4) is 0 Å². The van der Waals surface area contributed by atoms with Crippen LogP contribution in [0.25, 0.3) is 6.08 Å². The molecule has 0 aliphatic heterocycles. The molecule has 2 aromatic rings. The van der Waals surface area contributed by atoms with Gasteiger partial charge in [-0.3, -0.25) is 0 Å². The largest absolute Gasteiger partial charge is 0.0985 e. The van der Waals surface area contributed by atoms with Gasteiger partial charge in [0.15, 0.2) is 0 Å². The minimum absolute atomic E-state index is 0.226. The first-order chi connectivity index (χ1) is 8.99. The van der Waals surface area contributed by atoms with Gasteiger partial charge < -0.3 is 0 Å². The maximum absolute atomic E-state index is 3.78. The number of hydrogen-bond donors (Lipinski definition) is 0. The van der Waals surface area contributed by atoms with Gasteiger partial charge in [0.1, 0.15) is 0 Å². The highest BCUT2D eigenvalue weighted by molar-refractivity contribution is 5.47. The minimum atomic E-state index is 0.226. The predicted octanol–water partition coefficient (Wildman–Crippen LogP) is 5.22. The van der Waals surface area contributed by atoms with E-state index in [9.17, 15) is 0 Å². The van der Waals surface area contributed by atoms with Crippen LogP contribution in [0.5, 0.6) is 0 Å². The van der Waals surface area contributed by atoms with Gasteiger partial charge >= 0.3 is 0 Å². The third kappa shape index (κ3) is 3.57. The standard InChI is InChI=1S/C19H22/c1-5-15-6-8-16(9-7-15)14-17-10-12-18(13-11-17)19(2,3)4/h5-13H,1,14H2,2-4H3. The highest BCUT2D eigenvalue weighted by Gasteiger charge is 2.12. The van der Waals surface area contributed by atoms with E-state index >= 15 is 0 Å². The Morgan fingerprint density at radius 2 is 1.32 bits per heavy atom. The first-order valence-corrected chi connectivity index (χ1v) is 6.80. The molecule has 2 aromatic carbocycles. The van der Waals surface area contributed by atoms with Gasteiger partial charge in [0.25, 0.3) is 0 Å². The van der Waals surface area contributed by atoms with E-state index in [1.165, 1.54) is 22.3 Å². The van der Waals surface area contributed by atoms with Crippen molar-refractivity contribution >= 4 is 6.08 Å². The minimum Gasteiger partial charge on any atom is -0.0985 e. The van der Waals surface area contributed by atoms with Crippen molar-refractivity contribution in [3.05, 3.63) is 77.4 Å². The summed E-state index contributed by atoms with van der Waals surface area (Å²) in [5.74, 6) is 0. The Bertz CT molecular complexity index is 536. The molecule has 0 amide bonds. The molecule has 0 aliphatic carbocycles. The summed E-state index contributed by atoms with van der Waals surface area (Å²) in [6.45, 7) is 10.5. The molecule has 0 aromatic heterocycles. The zero-order valence-electron chi connectivity index (χ0n) is 12.1. The van der Waals surface area contributed by atoms with Crippen molar-refractivity contribution in [3.63, 3.8) is 0 Å². The van der Waals surface area contributed by atoms with E-state index < -0.39 is 0 Å². The van der Waals surface area contributed by atoms with Crippen LogP contribution in [0.2, 0.25) is 0 Å². The summed E-state index contributed by atoms with van der Waals surface area (Å²) in [4.78, 5) is 0. The van der Waals surface area contributed by atoms with Crippen LogP contribution < -0.4 is 0 Å². The van der Waals surface area contributed by atoms with Crippen LogP contribution in [-0.4, -0.2) is 0 Å². The van der Waals surface area contributed by atoms with Gasteiger partial charge in [-0.15, -0.1) is 0 Å². The molecule has 0 heterocycles. The molecule has 98 valence electrons. The van der Waals surface area contributed by atoms with Gasteiger partial charge in [0.05, 0.1) is 0 Å². The van der Waals surface area contributed by atoms with Crippen LogP contribution in [0.4, 0.5) is 0 Å². The molecule has 0 bridgehead atoms. The van der Waals surface area contributed by atoms with Crippen molar-refractivity contribution in [1.29, 1.82) is 0 Å². The van der Waals surface area contributed by atoms with E-state index in [0.717, 1.165) is 6.42 Å². The highest BCUT2D eigenvalue weighted by Crippen LogP contribution is 2.23. The summed E-state index contributed by atoms with van der Waals surface area (Å²) in [6.07, 6.45) is 2.86. The Morgan fingerprint density at radius 1 is 0.842 bits per heavy atom.